The van der Waals surface area contributed by atoms with Crippen LogP contribution in [0.1, 0.15) is 40.5 Å². The molecule has 1 aliphatic rings. The number of hydrogen-bond donors (Lipinski definition) is 0. The van der Waals surface area contributed by atoms with Gasteiger partial charge in [0.25, 0.3) is 0 Å². The molecule has 0 aliphatic carbocycles. The van der Waals surface area contributed by atoms with Crippen molar-refractivity contribution in [3.63, 3.8) is 0 Å². The second kappa shape index (κ2) is 5.34. The van der Waals surface area contributed by atoms with E-state index < -0.39 is 21.3 Å². The summed E-state index contributed by atoms with van der Waals surface area (Å²) in [4.78, 5) is 11.7. The Bertz CT molecular complexity index is 454. The van der Waals surface area contributed by atoms with Crippen LogP contribution in [0.25, 0.3) is 0 Å². The lowest BCUT2D eigenvalue weighted by Crippen LogP contribution is -2.46. The molecule has 0 atom stereocenters. The van der Waals surface area contributed by atoms with Gasteiger partial charge in [0.1, 0.15) is 5.78 Å². The zero-order valence-corrected chi connectivity index (χ0v) is 12.9. The van der Waals surface area contributed by atoms with Gasteiger partial charge in [-0.1, -0.05) is 6.08 Å². The Kier molecular flexibility index (Phi) is 4.59. The smallest absolute Gasteiger partial charge is 0.299 e. The van der Waals surface area contributed by atoms with E-state index in [0.29, 0.717) is 12.8 Å². The summed E-state index contributed by atoms with van der Waals surface area (Å²) < 4.78 is 30.5. The summed E-state index contributed by atoms with van der Waals surface area (Å²) in [6.45, 7) is 10.9. The standard InChI is InChI=1S/C13H23NO4S/c1-6-13(11(2)15)7-9-14(10-8-13)19(16,17)18-12(3,4)5/h6H,1,7-10H2,2-5H3. The molecule has 0 aromatic carbocycles. The zero-order chi connectivity index (χ0) is 14.9. The van der Waals surface area contributed by atoms with Crippen LogP contribution in [-0.2, 0) is 19.3 Å². The fraction of sp³-hybridized carbons (Fsp3) is 0.769. The summed E-state index contributed by atoms with van der Waals surface area (Å²) in [6.07, 6.45) is 2.56. The predicted octanol–water partition coefficient (Wildman–Crippen LogP) is 1.90. The van der Waals surface area contributed by atoms with Gasteiger partial charge in [-0.2, -0.15) is 12.7 Å². The van der Waals surface area contributed by atoms with E-state index >= 15 is 0 Å². The Labute approximate surface area is 115 Å². The first-order chi connectivity index (χ1) is 8.52. The van der Waals surface area contributed by atoms with Gasteiger partial charge in [-0.15, -0.1) is 6.58 Å². The lowest BCUT2D eigenvalue weighted by molar-refractivity contribution is -0.125. The summed E-state index contributed by atoms with van der Waals surface area (Å²) >= 11 is 0. The van der Waals surface area contributed by atoms with Crippen molar-refractivity contribution in [1.29, 1.82) is 0 Å². The molecule has 0 amide bonds. The number of ketones is 1. The number of allylic oxidation sites excluding steroid dienone is 1. The first-order valence-electron chi connectivity index (χ1n) is 6.38. The van der Waals surface area contributed by atoms with Crippen LogP contribution in [0, 0.1) is 5.41 Å². The van der Waals surface area contributed by atoms with Gasteiger partial charge in [-0.05, 0) is 40.5 Å². The minimum absolute atomic E-state index is 0.0382. The van der Waals surface area contributed by atoms with Gasteiger partial charge < -0.3 is 0 Å². The molecule has 0 aromatic rings. The van der Waals surface area contributed by atoms with E-state index in [4.69, 9.17) is 4.18 Å². The number of piperidine rings is 1. The highest BCUT2D eigenvalue weighted by Crippen LogP contribution is 2.35. The van der Waals surface area contributed by atoms with E-state index in [0.717, 1.165) is 0 Å². The first kappa shape index (κ1) is 16.3. The largest absolute Gasteiger partial charge is 0.338 e. The van der Waals surface area contributed by atoms with Crippen molar-refractivity contribution in [3.05, 3.63) is 12.7 Å². The molecule has 1 heterocycles. The molecule has 1 rings (SSSR count). The average Bonchev–Trinajstić information content (AvgIpc) is 2.25. The molecule has 0 spiro atoms. The lowest BCUT2D eigenvalue weighted by atomic mass is 9.76. The van der Waals surface area contributed by atoms with Crippen molar-refractivity contribution >= 4 is 16.1 Å². The normalized spacial score (nSPS) is 21.1. The third-order valence-corrected chi connectivity index (χ3v) is 5.09. The molecule has 1 aliphatic heterocycles. The van der Waals surface area contributed by atoms with Crippen molar-refractivity contribution in [2.24, 2.45) is 5.41 Å². The molecule has 1 fully saturated rings. The molecule has 0 bridgehead atoms. The summed E-state index contributed by atoms with van der Waals surface area (Å²) in [5, 5.41) is 0. The molecule has 0 saturated carbocycles. The number of carbonyl (C=O) groups is 1. The molecule has 5 nitrogen and oxygen atoms in total. The Morgan fingerprint density at radius 3 is 2.11 bits per heavy atom. The molecule has 0 aromatic heterocycles. The molecule has 1 saturated heterocycles. The number of rotatable bonds is 4. The Balaban J connectivity index is 2.79. The van der Waals surface area contributed by atoms with E-state index in [1.807, 2.05) is 0 Å². The van der Waals surface area contributed by atoms with Crippen LogP contribution in [-0.4, -0.2) is 37.2 Å². The van der Waals surface area contributed by atoms with E-state index in [9.17, 15) is 13.2 Å². The minimum Gasteiger partial charge on any atom is -0.299 e. The zero-order valence-electron chi connectivity index (χ0n) is 12.1. The van der Waals surface area contributed by atoms with Crippen molar-refractivity contribution < 1.29 is 17.4 Å². The maximum absolute atomic E-state index is 12.1. The van der Waals surface area contributed by atoms with Crippen LogP contribution in [0.5, 0.6) is 0 Å². The molecule has 6 heteroatoms. The maximum Gasteiger partial charge on any atom is 0.338 e. The topological polar surface area (TPSA) is 63.7 Å². The molecule has 0 radical (unpaired) electrons. The van der Waals surface area contributed by atoms with Gasteiger partial charge in [0.2, 0.25) is 0 Å². The Morgan fingerprint density at radius 1 is 1.32 bits per heavy atom. The SMILES string of the molecule is C=CC1(C(C)=O)CCN(S(=O)(=O)OC(C)(C)C)CC1. The first-order valence-corrected chi connectivity index (χ1v) is 7.74. The van der Waals surface area contributed by atoms with Gasteiger partial charge in [-0.25, -0.2) is 0 Å². The van der Waals surface area contributed by atoms with Crippen molar-refractivity contribution in [1.82, 2.24) is 4.31 Å². The molecule has 110 valence electrons. The van der Waals surface area contributed by atoms with Gasteiger partial charge in [0, 0.05) is 18.5 Å². The van der Waals surface area contributed by atoms with E-state index in [1.165, 1.54) is 11.2 Å². The molecular weight excluding hydrogens is 266 g/mol. The molecule has 0 unspecified atom stereocenters. The van der Waals surface area contributed by atoms with Crippen LogP contribution in [0.4, 0.5) is 0 Å². The fourth-order valence-corrected chi connectivity index (χ4v) is 3.54. The van der Waals surface area contributed by atoms with Gasteiger partial charge >= 0.3 is 10.3 Å². The molecular formula is C13H23NO4S. The quantitative estimate of drug-likeness (QED) is 0.742. The monoisotopic (exact) mass is 289 g/mol. The maximum atomic E-state index is 12.1. The fourth-order valence-electron chi connectivity index (χ4n) is 2.18. The minimum atomic E-state index is -3.74. The van der Waals surface area contributed by atoms with Crippen LogP contribution in [0.2, 0.25) is 0 Å². The third kappa shape index (κ3) is 3.87. The lowest BCUT2D eigenvalue weighted by Gasteiger charge is -2.37. The van der Waals surface area contributed by atoms with Crippen molar-refractivity contribution in [3.8, 4) is 0 Å². The summed E-state index contributed by atoms with van der Waals surface area (Å²) in [6, 6.07) is 0. The van der Waals surface area contributed by atoms with Crippen LogP contribution in [0.3, 0.4) is 0 Å². The van der Waals surface area contributed by atoms with Gasteiger partial charge in [0.15, 0.2) is 0 Å². The average molecular weight is 289 g/mol. The second-order valence-corrected chi connectivity index (χ2v) is 7.51. The highest BCUT2D eigenvalue weighted by atomic mass is 32.2. The van der Waals surface area contributed by atoms with Crippen molar-refractivity contribution in [2.75, 3.05) is 13.1 Å². The number of nitrogens with zero attached hydrogens (tertiary/aromatic N) is 1. The van der Waals surface area contributed by atoms with Gasteiger partial charge in [0.05, 0.1) is 5.60 Å². The highest BCUT2D eigenvalue weighted by molar-refractivity contribution is 7.84. The summed E-state index contributed by atoms with van der Waals surface area (Å²) in [5.41, 5.74) is -1.35. The van der Waals surface area contributed by atoms with Gasteiger partial charge in [-0.3, -0.25) is 8.98 Å². The Hall–Kier alpha value is -0.720. The van der Waals surface area contributed by atoms with E-state index in [2.05, 4.69) is 6.58 Å². The molecule has 0 N–H and O–H groups in total. The van der Waals surface area contributed by atoms with Crippen LogP contribution >= 0.6 is 0 Å². The summed E-state index contributed by atoms with van der Waals surface area (Å²) in [5.74, 6) is 0.0382. The predicted molar refractivity (Wildman–Crippen MR) is 73.9 cm³/mol. The highest BCUT2D eigenvalue weighted by Gasteiger charge is 2.40. The van der Waals surface area contributed by atoms with E-state index in [1.54, 1.807) is 26.8 Å². The van der Waals surface area contributed by atoms with Crippen LogP contribution < -0.4 is 0 Å². The van der Waals surface area contributed by atoms with E-state index in [-0.39, 0.29) is 18.9 Å². The second-order valence-electron chi connectivity index (χ2n) is 5.97. The molecule has 19 heavy (non-hydrogen) atoms. The number of Topliss-reactive ketones (excluding diaryl/α,β-unsaturated/α-hetero) is 1. The third-order valence-electron chi connectivity index (χ3n) is 3.38. The van der Waals surface area contributed by atoms with Crippen LogP contribution in [0.15, 0.2) is 12.7 Å². The Morgan fingerprint density at radius 2 is 1.79 bits per heavy atom. The van der Waals surface area contributed by atoms with Crippen molar-refractivity contribution in [2.45, 2.75) is 46.1 Å². The number of hydrogen-bond acceptors (Lipinski definition) is 4. The number of carbonyl (C=O) groups excluding carboxylic acids is 1. The summed E-state index contributed by atoms with van der Waals surface area (Å²) in [7, 11) is -3.74.